The Morgan fingerprint density at radius 3 is 2.25 bits per heavy atom. The Labute approximate surface area is 124 Å². The molecule has 0 spiro atoms. The van der Waals surface area contributed by atoms with Gasteiger partial charge in [-0.15, -0.1) is 0 Å². The zero-order chi connectivity index (χ0) is 14.7. The summed E-state index contributed by atoms with van der Waals surface area (Å²) in [4.78, 5) is 11.1. The van der Waals surface area contributed by atoms with Crippen molar-refractivity contribution in [3.8, 4) is 0 Å². The van der Waals surface area contributed by atoms with Crippen LogP contribution in [0.25, 0.3) is 0 Å². The van der Waals surface area contributed by atoms with Crippen molar-refractivity contribution < 1.29 is 0 Å². The van der Waals surface area contributed by atoms with E-state index in [2.05, 4.69) is 52.2 Å². The summed E-state index contributed by atoms with van der Waals surface area (Å²) in [7, 11) is 3.90. The van der Waals surface area contributed by atoms with E-state index < -0.39 is 0 Å². The first-order valence-electron chi connectivity index (χ1n) is 6.46. The maximum atomic E-state index is 4.57. The third-order valence-electron chi connectivity index (χ3n) is 3.07. The van der Waals surface area contributed by atoms with Gasteiger partial charge in [0.2, 0.25) is 0 Å². The second-order valence-electron chi connectivity index (χ2n) is 4.75. The lowest BCUT2D eigenvalue weighted by Gasteiger charge is -2.20. The van der Waals surface area contributed by atoms with E-state index in [0.717, 1.165) is 22.5 Å². The summed E-state index contributed by atoms with van der Waals surface area (Å²) in [6.45, 7) is 4.22. The van der Waals surface area contributed by atoms with Gasteiger partial charge in [0.25, 0.3) is 0 Å². The zero-order valence-corrected chi connectivity index (χ0v) is 13.4. The third-order valence-corrected chi connectivity index (χ3v) is 3.62. The van der Waals surface area contributed by atoms with Crippen molar-refractivity contribution in [2.75, 3.05) is 30.6 Å². The minimum absolute atomic E-state index is 0.767. The summed E-state index contributed by atoms with van der Waals surface area (Å²) in [6, 6.07) is 8.45. The Bertz CT molecular complexity index is 570. The van der Waals surface area contributed by atoms with Crippen LogP contribution in [0.5, 0.6) is 0 Å². The molecule has 1 heterocycles. The molecule has 0 aliphatic heterocycles. The standard InChI is InChI=1S/C15H20N4S/c1-10-6-11(2)8-12(7-10)19(4)14-9-13(16-3)17-15(18-14)20-5/h6-9H,1-5H3,(H,16,17,18). The van der Waals surface area contributed by atoms with Crippen molar-refractivity contribution in [1.82, 2.24) is 9.97 Å². The fourth-order valence-electron chi connectivity index (χ4n) is 2.08. The summed E-state index contributed by atoms with van der Waals surface area (Å²) in [5.74, 6) is 1.72. The van der Waals surface area contributed by atoms with Crippen LogP contribution >= 0.6 is 11.8 Å². The van der Waals surface area contributed by atoms with Gasteiger partial charge in [0.15, 0.2) is 5.16 Å². The molecule has 0 aliphatic carbocycles. The quantitative estimate of drug-likeness (QED) is 0.687. The molecule has 0 fully saturated rings. The first-order valence-corrected chi connectivity index (χ1v) is 7.69. The molecule has 1 aromatic carbocycles. The van der Waals surface area contributed by atoms with Crippen LogP contribution in [0.15, 0.2) is 29.4 Å². The number of aryl methyl sites for hydroxylation is 2. The average molecular weight is 288 g/mol. The third kappa shape index (κ3) is 3.22. The molecular formula is C15H20N4S. The number of hydrogen-bond acceptors (Lipinski definition) is 5. The highest BCUT2D eigenvalue weighted by Gasteiger charge is 2.10. The van der Waals surface area contributed by atoms with Crippen LogP contribution < -0.4 is 10.2 Å². The van der Waals surface area contributed by atoms with E-state index in [-0.39, 0.29) is 0 Å². The SMILES string of the molecule is CNc1cc(N(C)c2cc(C)cc(C)c2)nc(SC)n1. The molecule has 1 aromatic heterocycles. The lowest BCUT2D eigenvalue weighted by molar-refractivity contribution is 0.947. The van der Waals surface area contributed by atoms with Gasteiger partial charge < -0.3 is 10.2 Å². The van der Waals surface area contributed by atoms with Crippen LogP contribution in [-0.2, 0) is 0 Å². The Hall–Kier alpha value is -1.75. The molecule has 0 radical (unpaired) electrons. The molecule has 0 bridgehead atoms. The smallest absolute Gasteiger partial charge is 0.191 e. The molecule has 0 amide bonds. The number of aromatic nitrogens is 2. The lowest BCUT2D eigenvalue weighted by Crippen LogP contribution is -2.13. The van der Waals surface area contributed by atoms with E-state index in [1.54, 1.807) is 11.8 Å². The van der Waals surface area contributed by atoms with Crippen molar-refractivity contribution in [2.24, 2.45) is 0 Å². The lowest BCUT2D eigenvalue weighted by atomic mass is 10.1. The fraction of sp³-hybridized carbons (Fsp3) is 0.333. The van der Waals surface area contributed by atoms with Gasteiger partial charge in [0.05, 0.1) is 0 Å². The molecule has 0 atom stereocenters. The molecule has 0 unspecified atom stereocenters. The maximum Gasteiger partial charge on any atom is 0.191 e. The second-order valence-corrected chi connectivity index (χ2v) is 5.53. The van der Waals surface area contributed by atoms with Crippen molar-refractivity contribution in [3.63, 3.8) is 0 Å². The van der Waals surface area contributed by atoms with Crippen LogP contribution in [0.1, 0.15) is 11.1 Å². The van der Waals surface area contributed by atoms with Crippen molar-refractivity contribution in [3.05, 3.63) is 35.4 Å². The Morgan fingerprint density at radius 1 is 1.05 bits per heavy atom. The summed E-state index contributed by atoms with van der Waals surface area (Å²) in [5.41, 5.74) is 3.63. The van der Waals surface area contributed by atoms with Gasteiger partial charge in [-0.25, -0.2) is 9.97 Å². The van der Waals surface area contributed by atoms with Crippen LogP contribution in [0.3, 0.4) is 0 Å². The predicted octanol–water partition coefficient (Wildman–Crippen LogP) is 3.62. The first-order chi connectivity index (χ1) is 9.53. The number of hydrogen-bond donors (Lipinski definition) is 1. The van der Waals surface area contributed by atoms with Crippen LogP contribution in [0.4, 0.5) is 17.3 Å². The molecule has 0 saturated carbocycles. The van der Waals surface area contributed by atoms with Crippen molar-refractivity contribution >= 4 is 29.1 Å². The van der Waals surface area contributed by atoms with Crippen LogP contribution in [0, 0.1) is 13.8 Å². The number of thioether (sulfide) groups is 1. The number of anilines is 3. The second kappa shape index (κ2) is 6.13. The molecule has 2 aromatic rings. The highest BCUT2D eigenvalue weighted by atomic mass is 32.2. The highest BCUT2D eigenvalue weighted by Crippen LogP contribution is 2.27. The molecule has 2 rings (SSSR count). The van der Waals surface area contributed by atoms with Gasteiger partial charge in [-0.1, -0.05) is 17.8 Å². The summed E-state index contributed by atoms with van der Waals surface area (Å²) in [5, 5.41) is 3.85. The van der Waals surface area contributed by atoms with Crippen molar-refractivity contribution in [2.45, 2.75) is 19.0 Å². The van der Waals surface area contributed by atoms with Gasteiger partial charge in [-0.2, -0.15) is 0 Å². The van der Waals surface area contributed by atoms with E-state index in [1.807, 2.05) is 26.4 Å². The largest absolute Gasteiger partial charge is 0.373 e. The molecule has 106 valence electrons. The van der Waals surface area contributed by atoms with Gasteiger partial charge in [0.1, 0.15) is 11.6 Å². The molecule has 20 heavy (non-hydrogen) atoms. The van der Waals surface area contributed by atoms with E-state index >= 15 is 0 Å². The molecule has 0 aliphatic rings. The summed E-state index contributed by atoms with van der Waals surface area (Å²) < 4.78 is 0. The zero-order valence-electron chi connectivity index (χ0n) is 12.6. The number of rotatable bonds is 4. The Kier molecular flexibility index (Phi) is 4.49. The molecule has 5 heteroatoms. The minimum Gasteiger partial charge on any atom is -0.373 e. The van der Waals surface area contributed by atoms with E-state index in [0.29, 0.717) is 0 Å². The van der Waals surface area contributed by atoms with Gasteiger partial charge in [-0.3, -0.25) is 0 Å². The number of benzene rings is 1. The van der Waals surface area contributed by atoms with Crippen LogP contribution in [-0.4, -0.2) is 30.3 Å². The molecule has 0 saturated heterocycles. The van der Waals surface area contributed by atoms with Gasteiger partial charge in [-0.05, 0) is 43.4 Å². The Morgan fingerprint density at radius 2 is 1.70 bits per heavy atom. The highest BCUT2D eigenvalue weighted by molar-refractivity contribution is 7.98. The molecule has 4 nitrogen and oxygen atoms in total. The van der Waals surface area contributed by atoms with E-state index in [1.165, 1.54) is 11.1 Å². The first kappa shape index (κ1) is 14.7. The number of nitrogens with zero attached hydrogens (tertiary/aromatic N) is 3. The van der Waals surface area contributed by atoms with E-state index in [4.69, 9.17) is 0 Å². The fourth-order valence-corrected chi connectivity index (χ4v) is 2.46. The average Bonchev–Trinajstić information content (AvgIpc) is 2.44. The summed E-state index contributed by atoms with van der Waals surface area (Å²) >= 11 is 1.54. The summed E-state index contributed by atoms with van der Waals surface area (Å²) in [6.07, 6.45) is 1.98. The number of nitrogens with one attached hydrogen (secondary N) is 1. The van der Waals surface area contributed by atoms with Gasteiger partial charge >= 0.3 is 0 Å². The van der Waals surface area contributed by atoms with Crippen LogP contribution in [0.2, 0.25) is 0 Å². The predicted molar refractivity (Wildman–Crippen MR) is 87.3 cm³/mol. The molecular weight excluding hydrogens is 268 g/mol. The maximum absolute atomic E-state index is 4.57. The molecule has 1 N–H and O–H groups in total. The monoisotopic (exact) mass is 288 g/mol. The van der Waals surface area contributed by atoms with Crippen molar-refractivity contribution in [1.29, 1.82) is 0 Å². The minimum atomic E-state index is 0.767. The van der Waals surface area contributed by atoms with E-state index in [9.17, 15) is 0 Å². The Balaban J connectivity index is 2.43. The van der Waals surface area contributed by atoms with Gasteiger partial charge in [0, 0.05) is 25.8 Å². The normalized spacial score (nSPS) is 10.4. The topological polar surface area (TPSA) is 41.0 Å².